The Balaban J connectivity index is 2.33. The van der Waals surface area contributed by atoms with Gasteiger partial charge in [0.1, 0.15) is 11.4 Å². The molecule has 2 atom stereocenters. The monoisotopic (exact) mass is 182 g/mol. The van der Waals surface area contributed by atoms with Gasteiger partial charge in [-0.15, -0.1) is 0 Å². The van der Waals surface area contributed by atoms with Gasteiger partial charge < -0.3 is 10.4 Å². The highest BCUT2D eigenvalue weighted by molar-refractivity contribution is 5.10. The van der Waals surface area contributed by atoms with Crippen molar-refractivity contribution in [3.05, 3.63) is 11.6 Å². The highest BCUT2D eigenvalue weighted by Crippen LogP contribution is 2.27. The molecule has 0 bridgehead atoms. The van der Waals surface area contributed by atoms with Crippen molar-refractivity contribution in [2.75, 3.05) is 6.54 Å². The summed E-state index contributed by atoms with van der Waals surface area (Å²) < 4.78 is 0. The first-order valence-corrected chi connectivity index (χ1v) is 4.45. The molecule has 0 radical (unpaired) electrons. The molecule has 2 unspecified atom stereocenters. The van der Waals surface area contributed by atoms with E-state index in [1.807, 2.05) is 13.8 Å². The number of aryl methyl sites for hydroxylation is 1. The lowest BCUT2D eigenvalue weighted by Gasteiger charge is -2.24. The van der Waals surface area contributed by atoms with E-state index in [1.165, 1.54) is 0 Å². The molecule has 1 aromatic rings. The Morgan fingerprint density at radius 3 is 2.85 bits per heavy atom. The van der Waals surface area contributed by atoms with Crippen LogP contribution in [0, 0.1) is 6.92 Å². The highest BCUT2D eigenvalue weighted by Gasteiger charge is 2.42. The van der Waals surface area contributed by atoms with Crippen LogP contribution in [0.3, 0.4) is 0 Å². The lowest BCUT2D eigenvalue weighted by atomic mass is 9.96. The molecular weight excluding hydrogens is 168 g/mol. The Hall–Kier alpha value is -0.940. The third-order valence-electron chi connectivity index (χ3n) is 2.64. The molecule has 0 aliphatic carbocycles. The van der Waals surface area contributed by atoms with E-state index in [0.29, 0.717) is 5.82 Å². The predicted octanol–water partition coefficient (Wildman–Crippen LogP) is -0.317. The van der Waals surface area contributed by atoms with Gasteiger partial charge in [-0.1, -0.05) is 0 Å². The van der Waals surface area contributed by atoms with Crippen LogP contribution in [0.2, 0.25) is 0 Å². The summed E-state index contributed by atoms with van der Waals surface area (Å²) in [7, 11) is 0. The molecule has 1 aliphatic rings. The van der Waals surface area contributed by atoms with Crippen LogP contribution in [0.25, 0.3) is 0 Å². The number of nitrogens with zero attached hydrogens (tertiary/aromatic N) is 2. The second-order valence-electron chi connectivity index (χ2n) is 3.68. The van der Waals surface area contributed by atoms with Crippen LogP contribution in [-0.2, 0) is 5.54 Å². The molecule has 2 rings (SSSR count). The number of aliphatic hydroxyl groups excluding tert-OH is 1. The number of hydrogen-bond acceptors (Lipinski definition) is 4. The van der Waals surface area contributed by atoms with Crippen molar-refractivity contribution in [1.82, 2.24) is 20.5 Å². The molecule has 13 heavy (non-hydrogen) atoms. The van der Waals surface area contributed by atoms with E-state index >= 15 is 0 Å². The van der Waals surface area contributed by atoms with E-state index in [4.69, 9.17) is 0 Å². The lowest BCUT2D eigenvalue weighted by molar-refractivity contribution is 0.102. The normalized spacial score (nSPS) is 33.9. The van der Waals surface area contributed by atoms with Crippen LogP contribution in [0.15, 0.2) is 0 Å². The van der Waals surface area contributed by atoms with Crippen molar-refractivity contribution in [2.24, 2.45) is 0 Å². The Morgan fingerprint density at radius 2 is 2.38 bits per heavy atom. The molecule has 1 fully saturated rings. The topological polar surface area (TPSA) is 73.8 Å². The maximum Gasteiger partial charge on any atom is 0.173 e. The smallest absolute Gasteiger partial charge is 0.173 e. The summed E-state index contributed by atoms with van der Waals surface area (Å²) >= 11 is 0. The molecule has 5 heteroatoms. The number of H-pyrrole nitrogens is 1. The van der Waals surface area contributed by atoms with Gasteiger partial charge in [-0.25, -0.2) is 4.98 Å². The molecule has 0 spiro atoms. The number of aliphatic hydroxyl groups is 1. The minimum Gasteiger partial charge on any atom is -0.391 e. The van der Waals surface area contributed by atoms with Crippen molar-refractivity contribution >= 4 is 0 Å². The molecule has 72 valence electrons. The molecule has 3 N–H and O–H groups in total. The first-order chi connectivity index (χ1) is 6.13. The summed E-state index contributed by atoms with van der Waals surface area (Å²) in [6.45, 7) is 4.58. The fraction of sp³-hybridized carbons (Fsp3) is 0.750. The van der Waals surface area contributed by atoms with Gasteiger partial charge in [-0.05, 0) is 26.8 Å². The molecule has 1 saturated heterocycles. The van der Waals surface area contributed by atoms with Gasteiger partial charge in [0.25, 0.3) is 0 Å². The molecule has 0 aromatic carbocycles. The van der Waals surface area contributed by atoms with Crippen LogP contribution >= 0.6 is 0 Å². The van der Waals surface area contributed by atoms with E-state index in [9.17, 15) is 5.11 Å². The Kier molecular flexibility index (Phi) is 1.85. The van der Waals surface area contributed by atoms with E-state index < -0.39 is 11.6 Å². The van der Waals surface area contributed by atoms with Crippen molar-refractivity contribution in [1.29, 1.82) is 0 Å². The summed E-state index contributed by atoms with van der Waals surface area (Å²) in [5.74, 6) is 1.42. The van der Waals surface area contributed by atoms with Gasteiger partial charge in [0.15, 0.2) is 5.82 Å². The van der Waals surface area contributed by atoms with E-state index in [0.717, 1.165) is 18.8 Å². The summed E-state index contributed by atoms with van der Waals surface area (Å²) in [4.78, 5) is 4.23. The molecule has 0 saturated carbocycles. The second kappa shape index (κ2) is 2.78. The SMILES string of the molecule is Cc1nc(C2(C)NCCC2O)n[nH]1. The molecule has 2 heterocycles. The highest BCUT2D eigenvalue weighted by atomic mass is 16.3. The van der Waals surface area contributed by atoms with Crippen molar-refractivity contribution in [3.8, 4) is 0 Å². The summed E-state index contributed by atoms with van der Waals surface area (Å²) in [6.07, 6.45) is 0.354. The predicted molar refractivity (Wildman–Crippen MR) is 47.1 cm³/mol. The zero-order valence-corrected chi connectivity index (χ0v) is 7.83. The zero-order chi connectivity index (χ0) is 9.47. The Bertz CT molecular complexity index is 311. The van der Waals surface area contributed by atoms with Crippen LogP contribution in [0.5, 0.6) is 0 Å². The number of aromatic nitrogens is 3. The standard InChI is InChI=1S/C8H14N4O/c1-5-10-7(12-11-5)8(2)6(13)3-4-9-8/h6,9,13H,3-4H2,1-2H3,(H,10,11,12). The summed E-state index contributed by atoms with van der Waals surface area (Å²) in [5, 5.41) is 19.8. The molecule has 1 aromatic heterocycles. The fourth-order valence-corrected chi connectivity index (χ4v) is 1.68. The van der Waals surface area contributed by atoms with Crippen LogP contribution in [0.4, 0.5) is 0 Å². The van der Waals surface area contributed by atoms with Crippen molar-refractivity contribution in [3.63, 3.8) is 0 Å². The third kappa shape index (κ3) is 1.24. The van der Waals surface area contributed by atoms with Crippen molar-refractivity contribution in [2.45, 2.75) is 31.9 Å². The van der Waals surface area contributed by atoms with Crippen LogP contribution in [0.1, 0.15) is 25.0 Å². The van der Waals surface area contributed by atoms with Crippen molar-refractivity contribution < 1.29 is 5.11 Å². The van der Waals surface area contributed by atoms with Gasteiger partial charge in [0, 0.05) is 0 Å². The number of hydrogen-bond donors (Lipinski definition) is 3. The average molecular weight is 182 g/mol. The quantitative estimate of drug-likeness (QED) is 0.556. The maximum atomic E-state index is 9.75. The molecule has 1 aliphatic heterocycles. The summed E-state index contributed by atoms with van der Waals surface area (Å²) in [5.41, 5.74) is -0.481. The van der Waals surface area contributed by atoms with Gasteiger partial charge in [-0.3, -0.25) is 5.10 Å². The Labute approximate surface area is 76.6 Å². The Morgan fingerprint density at radius 1 is 1.62 bits per heavy atom. The molecule has 0 amide bonds. The first kappa shape index (κ1) is 8.65. The van der Waals surface area contributed by atoms with Gasteiger partial charge in [-0.2, -0.15) is 5.10 Å². The second-order valence-corrected chi connectivity index (χ2v) is 3.68. The minimum atomic E-state index is -0.481. The van der Waals surface area contributed by atoms with E-state index in [-0.39, 0.29) is 0 Å². The van der Waals surface area contributed by atoms with Crippen LogP contribution < -0.4 is 5.32 Å². The zero-order valence-electron chi connectivity index (χ0n) is 7.83. The maximum absolute atomic E-state index is 9.75. The van der Waals surface area contributed by atoms with E-state index in [2.05, 4.69) is 20.5 Å². The fourth-order valence-electron chi connectivity index (χ4n) is 1.68. The average Bonchev–Trinajstić information content (AvgIpc) is 2.62. The minimum absolute atomic E-state index is 0.400. The van der Waals surface area contributed by atoms with Gasteiger partial charge >= 0.3 is 0 Å². The van der Waals surface area contributed by atoms with Gasteiger partial charge in [0.2, 0.25) is 0 Å². The first-order valence-electron chi connectivity index (χ1n) is 4.45. The van der Waals surface area contributed by atoms with Crippen LogP contribution in [-0.4, -0.2) is 32.9 Å². The lowest BCUT2D eigenvalue weighted by Crippen LogP contribution is -2.42. The van der Waals surface area contributed by atoms with Gasteiger partial charge in [0.05, 0.1) is 6.10 Å². The number of nitrogens with one attached hydrogen (secondary N) is 2. The summed E-state index contributed by atoms with van der Waals surface area (Å²) in [6, 6.07) is 0. The molecular formula is C8H14N4O. The van der Waals surface area contributed by atoms with E-state index in [1.54, 1.807) is 0 Å². The number of rotatable bonds is 1. The number of aromatic amines is 1. The third-order valence-corrected chi connectivity index (χ3v) is 2.64. The molecule has 5 nitrogen and oxygen atoms in total. The largest absolute Gasteiger partial charge is 0.391 e.